The number of rotatable bonds is 9. The standard InChI is InChI=1S/C22H28ClNO5/c1-13(2)7-8-29-21-16(23)10-15(11-20(21)28-6)22(25)24-17-12-19(27-5)18(26-4)9-14(17)3/h9-13H,7-8H2,1-6H3,(H,24,25). The average Bonchev–Trinajstić information content (AvgIpc) is 2.69. The molecule has 158 valence electrons. The summed E-state index contributed by atoms with van der Waals surface area (Å²) in [4.78, 5) is 12.8. The molecular formula is C22H28ClNO5. The molecule has 0 saturated carbocycles. The number of aryl methyl sites for hydroxylation is 1. The van der Waals surface area contributed by atoms with Crippen molar-refractivity contribution in [3.63, 3.8) is 0 Å². The van der Waals surface area contributed by atoms with Gasteiger partial charge < -0.3 is 24.3 Å². The van der Waals surface area contributed by atoms with E-state index >= 15 is 0 Å². The summed E-state index contributed by atoms with van der Waals surface area (Å²) < 4.78 is 21.8. The molecule has 2 rings (SSSR count). The molecule has 2 aromatic rings. The van der Waals surface area contributed by atoms with Gasteiger partial charge in [0.15, 0.2) is 23.0 Å². The monoisotopic (exact) mass is 421 g/mol. The fraction of sp³-hybridized carbons (Fsp3) is 0.409. The van der Waals surface area contributed by atoms with Crippen LogP contribution in [0.15, 0.2) is 24.3 Å². The fourth-order valence-corrected chi connectivity index (χ4v) is 2.96. The van der Waals surface area contributed by atoms with Crippen LogP contribution < -0.4 is 24.3 Å². The van der Waals surface area contributed by atoms with Crippen LogP contribution in [0, 0.1) is 12.8 Å². The fourth-order valence-electron chi connectivity index (χ4n) is 2.70. The Bertz CT molecular complexity index is 867. The number of nitrogens with one attached hydrogen (secondary N) is 1. The summed E-state index contributed by atoms with van der Waals surface area (Å²) in [5, 5.41) is 3.20. The molecule has 0 atom stereocenters. The Hall–Kier alpha value is -2.60. The lowest BCUT2D eigenvalue weighted by Crippen LogP contribution is -2.14. The Morgan fingerprint density at radius 2 is 1.62 bits per heavy atom. The number of hydrogen-bond acceptors (Lipinski definition) is 5. The number of ether oxygens (including phenoxy) is 4. The van der Waals surface area contributed by atoms with Crippen molar-refractivity contribution in [1.29, 1.82) is 0 Å². The first-order chi connectivity index (χ1) is 13.8. The molecule has 0 radical (unpaired) electrons. The molecule has 0 spiro atoms. The van der Waals surface area contributed by atoms with Gasteiger partial charge in [0, 0.05) is 17.3 Å². The Morgan fingerprint density at radius 3 is 2.21 bits per heavy atom. The zero-order valence-corrected chi connectivity index (χ0v) is 18.5. The van der Waals surface area contributed by atoms with Gasteiger partial charge in [-0.05, 0) is 43.0 Å². The minimum atomic E-state index is -0.325. The Balaban J connectivity index is 2.26. The molecule has 0 unspecified atom stereocenters. The third kappa shape index (κ3) is 5.70. The van der Waals surface area contributed by atoms with E-state index in [9.17, 15) is 4.79 Å². The third-order valence-electron chi connectivity index (χ3n) is 4.41. The maximum Gasteiger partial charge on any atom is 0.255 e. The molecule has 2 aromatic carbocycles. The van der Waals surface area contributed by atoms with Crippen molar-refractivity contribution in [2.24, 2.45) is 5.92 Å². The van der Waals surface area contributed by atoms with E-state index in [0.29, 0.717) is 51.8 Å². The number of hydrogen-bond donors (Lipinski definition) is 1. The van der Waals surface area contributed by atoms with Gasteiger partial charge >= 0.3 is 0 Å². The van der Waals surface area contributed by atoms with Gasteiger partial charge in [-0.15, -0.1) is 0 Å². The van der Waals surface area contributed by atoms with Crippen molar-refractivity contribution in [2.45, 2.75) is 27.2 Å². The summed E-state index contributed by atoms with van der Waals surface area (Å²) in [6.07, 6.45) is 0.889. The van der Waals surface area contributed by atoms with Crippen LogP contribution in [0.25, 0.3) is 0 Å². The number of halogens is 1. The van der Waals surface area contributed by atoms with E-state index in [2.05, 4.69) is 19.2 Å². The number of carbonyl (C=O) groups is 1. The predicted octanol–water partition coefficient (Wildman–Crippen LogP) is 5.35. The van der Waals surface area contributed by atoms with E-state index in [0.717, 1.165) is 12.0 Å². The van der Waals surface area contributed by atoms with Crippen molar-refractivity contribution in [3.8, 4) is 23.0 Å². The molecular weight excluding hydrogens is 394 g/mol. The largest absolute Gasteiger partial charge is 0.493 e. The van der Waals surface area contributed by atoms with Crippen LogP contribution in [0.5, 0.6) is 23.0 Å². The van der Waals surface area contributed by atoms with Gasteiger partial charge in [-0.25, -0.2) is 0 Å². The number of methoxy groups -OCH3 is 3. The Labute approximate surface area is 177 Å². The summed E-state index contributed by atoms with van der Waals surface area (Å²) in [5.41, 5.74) is 1.81. The second kappa shape index (κ2) is 10.3. The predicted molar refractivity (Wildman–Crippen MR) is 115 cm³/mol. The van der Waals surface area contributed by atoms with Crippen LogP contribution in [0.1, 0.15) is 36.2 Å². The number of anilines is 1. The van der Waals surface area contributed by atoms with Gasteiger partial charge in [-0.1, -0.05) is 25.4 Å². The van der Waals surface area contributed by atoms with Gasteiger partial charge in [-0.3, -0.25) is 4.79 Å². The highest BCUT2D eigenvalue weighted by Crippen LogP contribution is 2.37. The first-order valence-corrected chi connectivity index (χ1v) is 9.72. The van der Waals surface area contributed by atoms with Crippen molar-refractivity contribution >= 4 is 23.2 Å². The molecule has 6 nitrogen and oxygen atoms in total. The van der Waals surface area contributed by atoms with Crippen molar-refractivity contribution in [1.82, 2.24) is 0 Å². The number of carbonyl (C=O) groups excluding carboxylic acids is 1. The first-order valence-electron chi connectivity index (χ1n) is 9.35. The van der Waals surface area contributed by atoms with Gasteiger partial charge in [-0.2, -0.15) is 0 Å². The lowest BCUT2D eigenvalue weighted by molar-refractivity contribution is 0.102. The number of benzene rings is 2. The lowest BCUT2D eigenvalue weighted by atomic mass is 10.1. The lowest BCUT2D eigenvalue weighted by Gasteiger charge is -2.16. The highest BCUT2D eigenvalue weighted by Gasteiger charge is 2.18. The Kier molecular flexibility index (Phi) is 8.02. The van der Waals surface area contributed by atoms with Crippen LogP contribution in [0.3, 0.4) is 0 Å². The van der Waals surface area contributed by atoms with E-state index < -0.39 is 0 Å². The van der Waals surface area contributed by atoms with E-state index in [1.54, 1.807) is 38.5 Å². The minimum Gasteiger partial charge on any atom is -0.493 e. The number of amides is 1. The normalized spacial score (nSPS) is 10.6. The van der Waals surface area contributed by atoms with Crippen molar-refractivity contribution < 1.29 is 23.7 Å². The quantitative estimate of drug-likeness (QED) is 0.591. The molecule has 0 aliphatic carbocycles. The van der Waals surface area contributed by atoms with E-state index in [-0.39, 0.29) is 5.91 Å². The van der Waals surface area contributed by atoms with E-state index in [1.165, 1.54) is 7.11 Å². The van der Waals surface area contributed by atoms with Gasteiger partial charge in [0.2, 0.25) is 0 Å². The molecule has 0 aromatic heterocycles. The summed E-state index contributed by atoms with van der Waals surface area (Å²) in [6, 6.07) is 6.70. The zero-order valence-electron chi connectivity index (χ0n) is 17.7. The second-order valence-corrected chi connectivity index (χ2v) is 7.40. The van der Waals surface area contributed by atoms with E-state index in [4.69, 9.17) is 30.5 Å². The summed E-state index contributed by atoms with van der Waals surface area (Å²) in [7, 11) is 4.62. The molecule has 7 heteroatoms. The molecule has 1 N–H and O–H groups in total. The van der Waals surface area contributed by atoms with Crippen LogP contribution in [0.4, 0.5) is 5.69 Å². The minimum absolute atomic E-state index is 0.322. The van der Waals surface area contributed by atoms with Crippen LogP contribution in [-0.4, -0.2) is 33.8 Å². The third-order valence-corrected chi connectivity index (χ3v) is 4.69. The van der Waals surface area contributed by atoms with Crippen LogP contribution in [0.2, 0.25) is 5.02 Å². The molecule has 0 bridgehead atoms. The summed E-state index contributed by atoms with van der Waals surface area (Å²) >= 11 is 6.37. The Morgan fingerprint density at radius 1 is 1.00 bits per heavy atom. The van der Waals surface area contributed by atoms with Gasteiger partial charge in [0.25, 0.3) is 5.91 Å². The van der Waals surface area contributed by atoms with Crippen LogP contribution in [-0.2, 0) is 0 Å². The van der Waals surface area contributed by atoms with Crippen LogP contribution >= 0.6 is 11.6 Å². The average molecular weight is 422 g/mol. The van der Waals surface area contributed by atoms with Gasteiger partial charge in [0.05, 0.1) is 33.0 Å². The highest BCUT2D eigenvalue weighted by atomic mass is 35.5. The van der Waals surface area contributed by atoms with Crippen molar-refractivity contribution in [2.75, 3.05) is 33.3 Å². The highest BCUT2D eigenvalue weighted by molar-refractivity contribution is 6.32. The van der Waals surface area contributed by atoms with Crippen molar-refractivity contribution in [3.05, 3.63) is 40.4 Å². The molecule has 0 aliphatic heterocycles. The SMILES string of the molecule is COc1cc(C)c(NC(=O)c2cc(Cl)c(OCCC(C)C)c(OC)c2)cc1OC. The maximum atomic E-state index is 12.8. The molecule has 1 amide bonds. The smallest absolute Gasteiger partial charge is 0.255 e. The second-order valence-electron chi connectivity index (χ2n) is 7.00. The maximum absolute atomic E-state index is 12.8. The molecule has 0 aliphatic rings. The van der Waals surface area contributed by atoms with Gasteiger partial charge in [0.1, 0.15) is 0 Å². The topological polar surface area (TPSA) is 66.0 Å². The molecule has 0 saturated heterocycles. The summed E-state index contributed by atoms with van der Waals surface area (Å²) in [5.74, 6) is 2.15. The molecule has 0 heterocycles. The first kappa shape index (κ1) is 22.7. The molecule has 0 fully saturated rings. The summed E-state index contributed by atoms with van der Waals surface area (Å²) in [6.45, 7) is 6.62. The van der Waals surface area contributed by atoms with E-state index in [1.807, 2.05) is 6.92 Å². The zero-order chi connectivity index (χ0) is 21.6. The molecule has 29 heavy (non-hydrogen) atoms.